The predicted molar refractivity (Wildman–Crippen MR) is 48.4 cm³/mol. The highest BCUT2D eigenvalue weighted by Gasteiger charge is 2.00. The summed E-state index contributed by atoms with van der Waals surface area (Å²) in [6.07, 6.45) is 0. The van der Waals surface area contributed by atoms with Crippen LogP contribution in [0.15, 0.2) is 18.2 Å². The second kappa shape index (κ2) is 2.93. The van der Waals surface area contributed by atoms with Gasteiger partial charge in [0, 0.05) is 22.0 Å². The summed E-state index contributed by atoms with van der Waals surface area (Å²) in [4.78, 5) is 0. The Morgan fingerprint density at radius 1 is 1.55 bits per heavy atom. The Kier molecular flexibility index (Phi) is 2.15. The number of nitrogen functional groups attached to an aromatic ring is 1. The van der Waals surface area contributed by atoms with E-state index in [0.29, 0.717) is 22.0 Å². The van der Waals surface area contributed by atoms with Crippen molar-refractivity contribution in [1.29, 1.82) is 5.41 Å². The summed E-state index contributed by atoms with van der Waals surface area (Å²) in [7, 11) is 0. The molecule has 0 aromatic heterocycles. The molecule has 0 atom stereocenters. The van der Waals surface area contributed by atoms with Crippen LogP contribution >= 0.6 is 11.6 Å². The van der Waals surface area contributed by atoms with Crippen molar-refractivity contribution >= 4 is 23.0 Å². The molecule has 0 heterocycles. The van der Waals surface area contributed by atoms with Crippen LogP contribution in [0.2, 0.25) is 5.02 Å². The largest absolute Gasteiger partial charge is 0.398 e. The summed E-state index contributed by atoms with van der Waals surface area (Å²) < 4.78 is 0. The van der Waals surface area contributed by atoms with E-state index in [4.69, 9.17) is 22.7 Å². The predicted octanol–water partition coefficient (Wildman–Crippen LogP) is 2.31. The Bertz CT molecular complexity index is 294. The van der Waals surface area contributed by atoms with Crippen molar-refractivity contribution in [3.63, 3.8) is 0 Å². The first-order valence-corrected chi connectivity index (χ1v) is 3.59. The van der Waals surface area contributed by atoms with Gasteiger partial charge in [0.2, 0.25) is 0 Å². The van der Waals surface area contributed by atoms with Crippen LogP contribution < -0.4 is 5.73 Å². The summed E-state index contributed by atoms with van der Waals surface area (Å²) in [5.74, 6) is 0. The molecule has 3 N–H and O–H groups in total. The molecule has 0 aliphatic carbocycles. The van der Waals surface area contributed by atoms with E-state index in [-0.39, 0.29) is 0 Å². The highest BCUT2D eigenvalue weighted by Crippen LogP contribution is 2.17. The molecule has 0 aliphatic heterocycles. The molecule has 0 unspecified atom stereocenters. The fourth-order valence-electron chi connectivity index (χ4n) is 0.853. The monoisotopic (exact) mass is 168 g/mol. The van der Waals surface area contributed by atoms with E-state index in [1.54, 1.807) is 25.1 Å². The zero-order valence-electron chi connectivity index (χ0n) is 6.19. The van der Waals surface area contributed by atoms with Gasteiger partial charge < -0.3 is 11.1 Å². The number of benzene rings is 1. The molecule has 2 nitrogen and oxygen atoms in total. The van der Waals surface area contributed by atoms with Gasteiger partial charge in [-0.05, 0) is 25.1 Å². The van der Waals surface area contributed by atoms with E-state index in [1.165, 1.54) is 0 Å². The van der Waals surface area contributed by atoms with E-state index < -0.39 is 0 Å². The third-order valence-corrected chi connectivity index (χ3v) is 1.65. The summed E-state index contributed by atoms with van der Waals surface area (Å²) in [5, 5.41) is 7.95. The second-order valence-corrected chi connectivity index (χ2v) is 2.79. The zero-order valence-corrected chi connectivity index (χ0v) is 6.94. The molecule has 0 aliphatic rings. The number of nitrogens with one attached hydrogen (secondary N) is 1. The molecule has 1 aromatic rings. The van der Waals surface area contributed by atoms with Gasteiger partial charge in [-0.25, -0.2) is 0 Å². The molecule has 0 bridgehead atoms. The van der Waals surface area contributed by atoms with Crippen LogP contribution in [0.25, 0.3) is 0 Å². The molecular formula is C8H9ClN2. The van der Waals surface area contributed by atoms with Crippen LogP contribution in [0.1, 0.15) is 12.5 Å². The lowest BCUT2D eigenvalue weighted by molar-refractivity contribution is 1.46. The average Bonchev–Trinajstić information content (AvgIpc) is 1.94. The lowest BCUT2D eigenvalue weighted by Crippen LogP contribution is -1.98. The van der Waals surface area contributed by atoms with Crippen molar-refractivity contribution in [1.82, 2.24) is 0 Å². The molecule has 0 radical (unpaired) electrons. The Balaban J connectivity index is 3.23. The topological polar surface area (TPSA) is 49.9 Å². The van der Waals surface area contributed by atoms with E-state index in [2.05, 4.69) is 0 Å². The van der Waals surface area contributed by atoms with Crippen molar-refractivity contribution in [3.8, 4) is 0 Å². The highest BCUT2D eigenvalue weighted by atomic mass is 35.5. The van der Waals surface area contributed by atoms with E-state index in [0.717, 1.165) is 0 Å². The minimum atomic E-state index is 0.435. The fraction of sp³-hybridized carbons (Fsp3) is 0.125. The van der Waals surface area contributed by atoms with Crippen LogP contribution in [0.3, 0.4) is 0 Å². The number of halogens is 1. The summed E-state index contributed by atoms with van der Waals surface area (Å²) in [5.41, 5.74) is 7.33. The maximum absolute atomic E-state index is 7.33. The number of nitrogens with two attached hydrogens (primary N) is 1. The van der Waals surface area contributed by atoms with Crippen LogP contribution in [-0.4, -0.2) is 5.71 Å². The maximum atomic E-state index is 7.33. The molecule has 0 fully saturated rings. The molecule has 11 heavy (non-hydrogen) atoms. The first kappa shape index (κ1) is 8.08. The zero-order chi connectivity index (χ0) is 8.43. The number of anilines is 1. The van der Waals surface area contributed by atoms with Crippen LogP contribution in [0, 0.1) is 5.41 Å². The Morgan fingerprint density at radius 2 is 2.18 bits per heavy atom. The highest BCUT2D eigenvalue weighted by molar-refractivity contribution is 6.31. The van der Waals surface area contributed by atoms with Crippen LogP contribution in [0.4, 0.5) is 5.69 Å². The van der Waals surface area contributed by atoms with Crippen molar-refractivity contribution in [2.24, 2.45) is 0 Å². The molecule has 0 saturated heterocycles. The third kappa shape index (κ3) is 1.71. The van der Waals surface area contributed by atoms with Gasteiger partial charge in [0.1, 0.15) is 0 Å². The minimum Gasteiger partial charge on any atom is -0.398 e. The van der Waals surface area contributed by atoms with Gasteiger partial charge in [0.25, 0.3) is 0 Å². The van der Waals surface area contributed by atoms with Gasteiger partial charge in [-0.15, -0.1) is 0 Å². The average molecular weight is 169 g/mol. The van der Waals surface area contributed by atoms with E-state index in [1.807, 2.05) is 0 Å². The van der Waals surface area contributed by atoms with Crippen molar-refractivity contribution in [2.45, 2.75) is 6.92 Å². The van der Waals surface area contributed by atoms with Crippen molar-refractivity contribution in [3.05, 3.63) is 28.8 Å². The van der Waals surface area contributed by atoms with E-state index >= 15 is 0 Å². The van der Waals surface area contributed by atoms with Gasteiger partial charge in [0.15, 0.2) is 0 Å². The van der Waals surface area contributed by atoms with Crippen LogP contribution in [0.5, 0.6) is 0 Å². The smallest absolute Gasteiger partial charge is 0.0414 e. The second-order valence-electron chi connectivity index (χ2n) is 2.36. The van der Waals surface area contributed by atoms with Crippen molar-refractivity contribution in [2.75, 3.05) is 5.73 Å². The Hall–Kier alpha value is -1.02. The van der Waals surface area contributed by atoms with Gasteiger partial charge in [-0.2, -0.15) is 0 Å². The first-order valence-electron chi connectivity index (χ1n) is 3.22. The summed E-state index contributed by atoms with van der Waals surface area (Å²) >= 11 is 5.71. The number of hydrogen-bond donors (Lipinski definition) is 2. The molecule has 0 saturated carbocycles. The maximum Gasteiger partial charge on any atom is 0.0414 e. The van der Waals surface area contributed by atoms with Crippen molar-refractivity contribution < 1.29 is 0 Å². The number of hydrogen-bond acceptors (Lipinski definition) is 2. The minimum absolute atomic E-state index is 0.435. The lowest BCUT2D eigenvalue weighted by atomic mass is 10.1. The molecule has 1 rings (SSSR count). The van der Waals surface area contributed by atoms with Gasteiger partial charge in [-0.3, -0.25) is 0 Å². The summed E-state index contributed by atoms with van der Waals surface area (Å²) in [6.45, 7) is 1.68. The molecule has 0 spiro atoms. The fourth-order valence-corrected chi connectivity index (χ4v) is 1.03. The van der Waals surface area contributed by atoms with Gasteiger partial charge in [-0.1, -0.05) is 11.6 Å². The number of rotatable bonds is 1. The normalized spacial score (nSPS) is 9.64. The molecule has 1 aromatic carbocycles. The molecular weight excluding hydrogens is 160 g/mol. The van der Waals surface area contributed by atoms with Crippen LogP contribution in [-0.2, 0) is 0 Å². The lowest BCUT2D eigenvalue weighted by Gasteiger charge is -2.02. The molecule has 58 valence electrons. The summed E-state index contributed by atoms with van der Waals surface area (Å²) in [6, 6.07) is 5.11. The quantitative estimate of drug-likeness (QED) is 0.491. The Labute approximate surface area is 70.5 Å². The third-order valence-electron chi connectivity index (χ3n) is 1.42. The standard InChI is InChI=1S/C8H9ClN2/c1-5(10)7-4-6(9)2-3-8(7)11/h2-4,10H,11H2,1H3. The van der Waals surface area contributed by atoms with Gasteiger partial charge in [0.05, 0.1) is 0 Å². The van der Waals surface area contributed by atoms with E-state index in [9.17, 15) is 0 Å². The van der Waals surface area contributed by atoms with Gasteiger partial charge >= 0.3 is 0 Å². The first-order chi connectivity index (χ1) is 5.11. The molecule has 0 amide bonds. The SMILES string of the molecule is CC(=N)c1cc(Cl)ccc1N. The Morgan fingerprint density at radius 3 is 2.64 bits per heavy atom. The molecule has 3 heteroatoms.